The van der Waals surface area contributed by atoms with Gasteiger partial charge >= 0.3 is 0 Å². The molecule has 0 amide bonds. The number of aromatic nitrogens is 4. The van der Waals surface area contributed by atoms with Crippen molar-refractivity contribution in [1.29, 1.82) is 0 Å². The molecule has 2 aromatic heterocycles. The van der Waals surface area contributed by atoms with Gasteiger partial charge in [-0.15, -0.1) is 0 Å². The van der Waals surface area contributed by atoms with E-state index in [1.54, 1.807) is 0 Å². The van der Waals surface area contributed by atoms with Crippen LogP contribution in [0.2, 0.25) is 0 Å². The van der Waals surface area contributed by atoms with E-state index >= 15 is 0 Å². The number of fused-ring (bicyclic) bond motifs is 2. The third-order valence-corrected chi connectivity index (χ3v) is 7.66. The van der Waals surface area contributed by atoms with Gasteiger partial charge in [-0.05, 0) is 50.1 Å². The van der Waals surface area contributed by atoms with Crippen LogP contribution in [-0.4, -0.2) is 88.1 Å². The van der Waals surface area contributed by atoms with Crippen LogP contribution in [0.5, 0.6) is 11.5 Å². The van der Waals surface area contributed by atoms with Crippen LogP contribution in [0.25, 0.3) is 16.9 Å². The summed E-state index contributed by atoms with van der Waals surface area (Å²) in [6.45, 7) is 12.1. The number of anilines is 2. The Kier molecular flexibility index (Phi) is 6.97. The van der Waals surface area contributed by atoms with E-state index in [1.807, 2.05) is 29.7 Å². The van der Waals surface area contributed by atoms with Crippen LogP contribution in [0.1, 0.15) is 17.0 Å². The summed E-state index contributed by atoms with van der Waals surface area (Å²) in [7, 11) is 0. The van der Waals surface area contributed by atoms with Gasteiger partial charge in [0, 0.05) is 51.0 Å². The minimum absolute atomic E-state index is 0.374. The van der Waals surface area contributed by atoms with Crippen LogP contribution in [0.15, 0.2) is 42.7 Å². The molecule has 10 heteroatoms. The number of aliphatic hydroxyl groups is 1. The third-order valence-electron chi connectivity index (χ3n) is 7.66. The predicted octanol–water partition coefficient (Wildman–Crippen LogP) is 3.11. The highest BCUT2D eigenvalue weighted by molar-refractivity contribution is 5.84. The fraction of sp³-hybridized carbons (Fsp3) is 0.414. The number of β-amino-alcohol motifs (C(OH)–C–C–N with tert-alkyl or cyclic N) is 1. The van der Waals surface area contributed by atoms with E-state index in [4.69, 9.17) is 14.5 Å². The Hall–Kier alpha value is -3.89. The average molecular weight is 530 g/mol. The summed E-state index contributed by atoms with van der Waals surface area (Å²) in [5.74, 6) is 2.85. The summed E-state index contributed by atoms with van der Waals surface area (Å²) in [5.41, 5.74) is 6.23. The van der Waals surface area contributed by atoms with Gasteiger partial charge in [0.15, 0.2) is 28.5 Å². The Labute approximate surface area is 228 Å². The number of imidazole rings is 1. The summed E-state index contributed by atoms with van der Waals surface area (Å²) in [5, 5.41) is 14.1. The highest BCUT2D eigenvalue weighted by Crippen LogP contribution is 2.34. The maximum absolute atomic E-state index is 10.8. The lowest BCUT2D eigenvalue weighted by molar-refractivity contribution is 0.118. The Bertz CT molecular complexity index is 1480. The monoisotopic (exact) mass is 529 g/mol. The summed E-state index contributed by atoms with van der Waals surface area (Å²) in [6.07, 6.45) is 0.988. The average Bonchev–Trinajstić information content (AvgIpc) is 3.30. The van der Waals surface area contributed by atoms with Crippen molar-refractivity contribution in [3.8, 4) is 17.2 Å². The smallest absolute Gasteiger partial charge is 0.170 e. The van der Waals surface area contributed by atoms with E-state index in [0.717, 1.165) is 43.4 Å². The number of hydrogen-bond donors (Lipinski definition) is 2. The van der Waals surface area contributed by atoms with Gasteiger partial charge < -0.3 is 24.8 Å². The molecule has 0 aliphatic carbocycles. The van der Waals surface area contributed by atoms with Crippen molar-refractivity contribution >= 4 is 22.7 Å². The second-order valence-electron chi connectivity index (χ2n) is 10.3. The first kappa shape index (κ1) is 25.4. The van der Waals surface area contributed by atoms with Crippen molar-refractivity contribution in [2.75, 3.05) is 62.7 Å². The normalized spacial score (nSPS) is 16.5. The van der Waals surface area contributed by atoms with Gasteiger partial charge in [0.2, 0.25) is 0 Å². The van der Waals surface area contributed by atoms with Gasteiger partial charge in [0.05, 0.1) is 11.8 Å². The molecule has 4 heterocycles. The van der Waals surface area contributed by atoms with E-state index in [1.165, 1.54) is 23.1 Å². The molecule has 2 aromatic carbocycles. The number of hydrogen-bond acceptors (Lipinski definition) is 9. The lowest BCUT2D eigenvalue weighted by Crippen LogP contribution is -2.49. The summed E-state index contributed by atoms with van der Waals surface area (Å²) in [4.78, 5) is 18.5. The van der Waals surface area contributed by atoms with Crippen molar-refractivity contribution in [3.63, 3.8) is 0 Å². The molecule has 0 bridgehead atoms. The van der Waals surface area contributed by atoms with Crippen molar-refractivity contribution in [3.05, 3.63) is 59.7 Å². The lowest BCUT2D eigenvalue weighted by atomic mass is 10.1. The third kappa shape index (κ3) is 5.09. The zero-order chi connectivity index (χ0) is 26.9. The first-order valence-electron chi connectivity index (χ1n) is 13.5. The van der Waals surface area contributed by atoms with Gasteiger partial charge in [-0.2, -0.15) is 0 Å². The molecular weight excluding hydrogens is 494 g/mol. The minimum Gasteiger partial charge on any atom is -0.486 e. The van der Waals surface area contributed by atoms with Gasteiger partial charge in [0.25, 0.3) is 0 Å². The van der Waals surface area contributed by atoms with Crippen LogP contribution in [0, 0.1) is 20.8 Å². The molecule has 2 N–H and O–H groups in total. The largest absolute Gasteiger partial charge is 0.486 e. The second-order valence-corrected chi connectivity index (χ2v) is 10.3. The van der Waals surface area contributed by atoms with Crippen LogP contribution in [0.3, 0.4) is 0 Å². The van der Waals surface area contributed by atoms with Crippen molar-refractivity contribution in [2.45, 2.75) is 26.9 Å². The molecule has 4 aromatic rings. The van der Waals surface area contributed by atoms with Gasteiger partial charge in [-0.3, -0.25) is 9.47 Å². The van der Waals surface area contributed by atoms with E-state index in [0.29, 0.717) is 49.0 Å². The summed E-state index contributed by atoms with van der Waals surface area (Å²) >= 11 is 0. The van der Waals surface area contributed by atoms with Crippen LogP contribution in [-0.2, 0) is 0 Å². The molecule has 2 aliphatic heterocycles. The quantitative estimate of drug-likeness (QED) is 0.374. The van der Waals surface area contributed by atoms with E-state index in [9.17, 15) is 5.11 Å². The Morgan fingerprint density at radius 3 is 2.59 bits per heavy atom. The molecule has 0 radical (unpaired) electrons. The van der Waals surface area contributed by atoms with Crippen molar-refractivity contribution in [1.82, 2.24) is 24.4 Å². The van der Waals surface area contributed by atoms with E-state index < -0.39 is 6.10 Å². The molecule has 1 unspecified atom stereocenters. The molecule has 1 atom stereocenters. The molecule has 6 rings (SSSR count). The standard InChI is InChI=1S/C29H35N7O3/c1-19-5-4-6-24(20(19)2)35-11-9-34(10-12-35)17-23(37)16-30-28-27-29(32-18-31-28)36(21(3)33-27)22-7-8-25-26(15-22)39-14-13-38-25/h4-8,15,18,23,37H,9-14,16-17H2,1-3H3,(H,30,31,32). The molecule has 2 aliphatic rings. The van der Waals surface area contributed by atoms with E-state index in [2.05, 4.69) is 57.1 Å². The minimum atomic E-state index is -0.539. The molecule has 39 heavy (non-hydrogen) atoms. The number of benzene rings is 2. The highest BCUT2D eigenvalue weighted by atomic mass is 16.6. The first-order valence-corrected chi connectivity index (χ1v) is 13.5. The number of rotatable bonds is 7. The molecule has 1 fully saturated rings. The number of ether oxygens (including phenoxy) is 2. The number of nitrogens with one attached hydrogen (secondary N) is 1. The van der Waals surface area contributed by atoms with E-state index in [-0.39, 0.29) is 0 Å². The fourth-order valence-corrected chi connectivity index (χ4v) is 5.44. The first-order chi connectivity index (χ1) is 19.0. The highest BCUT2D eigenvalue weighted by Gasteiger charge is 2.22. The maximum Gasteiger partial charge on any atom is 0.170 e. The van der Waals surface area contributed by atoms with Crippen LogP contribution in [0.4, 0.5) is 11.5 Å². The van der Waals surface area contributed by atoms with Gasteiger partial charge in [-0.25, -0.2) is 15.0 Å². The number of piperazine rings is 1. The predicted molar refractivity (Wildman–Crippen MR) is 151 cm³/mol. The van der Waals surface area contributed by atoms with Gasteiger partial charge in [-0.1, -0.05) is 12.1 Å². The van der Waals surface area contributed by atoms with Crippen molar-refractivity contribution < 1.29 is 14.6 Å². The molecule has 1 saturated heterocycles. The van der Waals surface area contributed by atoms with Crippen LogP contribution < -0.4 is 19.7 Å². The molecular formula is C29H35N7O3. The Morgan fingerprint density at radius 2 is 1.77 bits per heavy atom. The SMILES string of the molecule is Cc1cccc(N2CCN(CC(O)CNc3ncnc4c3nc(C)n4-c3ccc4c(c3)OCCO4)CC2)c1C. The topological polar surface area (TPSA) is 101 Å². The fourth-order valence-electron chi connectivity index (χ4n) is 5.44. The number of nitrogens with zero attached hydrogens (tertiary/aromatic N) is 6. The lowest BCUT2D eigenvalue weighted by Gasteiger charge is -2.37. The summed E-state index contributed by atoms with van der Waals surface area (Å²) < 4.78 is 13.4. The zero-order valence-corrected chi connectivity index (χ0v) is 22.7. The number of aryl methyl sites for hydroxylation is 2. The second kappa shape index (κ2) is 10.7. The summed E-state index contributed by atoms with van der Waals surface area (Å²) in [6, 6.07) is 12.3. The molecule has 10 nitrogen and oxygen atoms in total. The molecule has 0 saturated carbocycles. The Balaban J connectivity index is 1.09. The van der Waals surface area contributed by atoms with Crippen LogP contribution >= 0.6 is 0 Å². The molecule has 204 valence electrons. The van der Waals surface area contributed by atoms with Gasteiger partial charge in [0.1, 0.15) is 25.4 Å². The number of aliphatic hydroxyl groups excluding tert-OH is 1. The molecule has 0 spiro atoms. The van der Waals surface area contributed by atoms with Crippen molar-refractivity contribution in [2.24, 2.45) is 0 Å². The maximum atomic E-state index is 10.8. The zero-order valence-electron chi connectivity index (χ0n) is 22.7. The Morgan fingerprint density at radius 1 is 0.974 bits per heavy atom.